The van der Waals surface area contributed by atoms with Gasteiger partial charge in [0.25, 0.3) is 5.69 Å². The first-order valence-electron chi connectivity index (χ1n) is 9.48. The molecule has 0 bridgehead atoms. The third kappa shape index (κ3) is 4.51. The van der Waals surface area contributed by atoms with Crippen molar-refractivity contribution in [2.75, 3.05) is 5.32 Å². The average Bonchev–Trinajstić information content (AvgIpc) is 3.28. The maximum atomic E-state index is 12.2. The van der Waals surface area contributed by atoms with E-state index in [-0.39, 0.29) is 5.69 Å². The third-order valence-corrected chi connectivity index (χ3v) is 4.57. The number of hydrogen-bond acceptors (Lipinski definition) is 6. The second kappa shape index (κ2) is 8.92. The summed E-state index contributed by atoms with van der Waals surface area (Å²) < 4.78 is 5.57. The van der Waals surface area contributed by atoms with Gasteiger partial charge in [0.2, 0.25) is 0 Å². The maximum absolute atomic E-state index is 12.2. The molecule has 1 aromatic heterocycles. The van der Waals surface area contributed by atoms with E-state index in [1.54, 1.807) is 36.4 Å². The van der Waals surface area contributed by atoms with Gasteiger partial charge in [-0.3, -0.25) is 19.7 Å². The van der Waals surface area contributed by atoms with Gasteiger partial charge in [-0.25, -0.2) is 5.43 Å². The lowest BCUT2D eigenvalue weighted by Crippen LogP contribution is -2.32. The van der Waals surface area contributed by atoms with Crippen molar-refractivity contribution >= 4 is 40.2 Å². The molecule has 9 heteroatoms. The molecule has 0 unspecified atom stereocenters. The summed E-state index contributed by atoms with van der Waals surface area (Å²) in [5, 5.41) is 19.0. The molecule has 3 aromatic carbocycles. The van der Waals surface area contributed by atoms with E-state index >= 15 is 0 Å². The largest absolute Gasteiger partial charge is 0.455 e. The Balaban J connectivity index is 1.39. The van der Waals surface area contributed by atoms with E-state index in [1.165, 1.54) is 18.3 Å². The molecule has 2 amide bonds. The maximum Gasteiger partial charge on any atom is 0.329 e. The number of amides is 2. The summed E-state index contributed by atoms with van der Waals surface area (Å²) in [5.41, 5.74) is 3.12. The summed E-state index contributed by atoms with van der Waals surface area (Å²) in [4.78, 5) is 34.7. The van der Waals surface area contributed by atoms with Crippen LogP contribution in [-0.2, 0) is 9.59 Å². The molecule has 2 N–H and O–H groups in total. The number of benzene rings is 3. The fourth-order valence-electron chi connectivity index (χ4n) is 3.07. The SMILES string of the molecule is O=C(N/N=C/c1ccc(-c2cccc([N+](=O)[O-])c2)o1)C(=O)Nc1cccc2ccccc12. The van der Waals surface area contributed by atoms with Crippen LogP contribution in [0.15, 0.2) is 88.4 Å². The average molecular weight is 428 g/mol. The molecular weight excluding hydrogens is 412 g/mol. The van der Waals surface area contributed by atoms with E-state index in [0.29, 0.717) is 22.8 Å². The third-order valence-electron chi connectivity index (χ3n) is 4.57. The van der Waals surface area contributed by atoms with E-state index in [9.17, 15) is 19.7 Å². The minimum absolute atomic E-state index is 0.0569. The monoisotopic (exact) mass is 428 g/mol. The first-order chi connectivity index (χ1) is 15.5. The van der Waals surface area contributed by atoms with Crippen LogP contribution in [0.5, 0.6) is 0 Å². The minimum atomic E-state index is -0.945. The van der Waals surface area contributed by atoms with Crippen LogP contribution in [0.4, 0.5) is 11.4 Å². The first-order valence-corrected chi connectivity index (χ1v) is 9.48. The second-order valence-electron chi connectivity index (χ2n) is 6.69. The zero-order chi connectivity index (χ0) is 22.5. The number of carbonyl (C=O) groups excluding carboxylic acids is 2. The zero-order valence-corrected chi connectivity index (χ0v) is 16.5. The lowest BCUT2D eigenvalue weighted by molar-refractivity contribution is -0.384. The van der Waals surface area contributed by atoms with Crippen LogP contribution in [0.1, 0.15) is 5.76 Å². The van der Waals surface area contributed by atoms with Gasteiger partial charge in [0, 0.05) is 28.8 Å². The van der Waals surface area contributed by atoms with Crippen LogP contribution in [-0.4, -0.2) is 23.0 Å². The predicted molar refractivity (Wildman–Crippen MR) is 119 cm³/mol. The number of anilines is 1. The number of hydrazone groups is 1. The smallest absolute Gasteiger partial charge is 0.329 e. The van der Waals surface area contributed by atoms with Crippen LogP contribution >= 0.6 is 0 Å². The molecule has 0 saturated heterocycles. The molecule has 0 spiro atoms. The fraction of sp³-hybridized carbons (Fsp3) is 0. The van der Waals surface area contributed by atoms with Gasteiger partial charge < -0.3 is 9.73 Å². The molecule has 0 aliphatic heterocycles. The molecule has 0 aliphatic carbocycles. The number of furan rings is 1. The summed E-state index contributed by atoms with van der Waals surface area (Å²) in [6, 6.07) is 22.1. The Labute approximate surface area is 181 Å². The van der Waals surface area contributed by atoms with Gasteiger partial charge in [0.05, 0.1) is 11.1 Å². The molecule has 4 aromatic rings. The lowest BCUT2D eigenvalue weighted by Gasteiger charge is -2.07. The van der Waals surface area contributed by atoms with Gasteiger partial charge in [-0.2, -0.15) is 5.10 Å². The standard InChI is InChI=1S/C23H16N4O5/c28-22(25-20-10-4-6-15-5-1-2-9-19(15)20)23(29)26-24-14-18-11-12-21(32-18)16-7-3-8-17(13-16)27(30)31/h1-14H,(H,25,28)(H,26,29)/b24-14+. The Morgan fingerprint density at radius 1 is 0.938 bits per heavy atom. The van der Waals surface area contributed by atoms with E-state index < -0.39 is 16.7 Å². The fourth-order valence-corrected chi connectivity index (χ4v) is 3.07. The van der Waals surface area contributed by atoms with Crippen molar-refractivity contribution in [3.63, 3.8) is 0 Å². The highest BCUT2D eigenvalue weighted by molar-refractivity contribution is 6.40. The van der Waals surface area contributed by atoms with Crippen molar-refractivity contribution in [3.05, 3.63) is 94.7 Å². The summed E-state index contributed by atoms with van der Waals surface area (Å²) in [6.45, 7) is 0. The van der Waals surface area contributed by atoms with Crippen LogP contribution in [0.25, 0.3) is 22.1 Å². The Morgan fingerprint density at radius 2 is 1.72 bits per heavy atom. The van der Waals surface area contributed by atoms with Gasteiger partial charge in [0.1, 0.15) is 11.5 Å². The van der Waals surface area contributed by atoms with E-state index in [0.717, 1.165) is 10.8 Å². The van der Waals surface area contributed by atoms with Crippen LogP contribution in [0, 0.1) is 10.1 Å². The van der Waals surface area contributed by atoms with E-state index in [1.807, 2.05) is 30.3 Å². The summed E-state index contributed by atoms with van der Waals surface area (Å²) in [7, 11) is 0. The van der Waals surface area contributed by atoms with Crippen molar-refractivity contribution in [1.29, 1.82) is 0 Å². The lowest BCUT2D eigenvalue weighted by atomic mass is 10.1. The summed E-state index contributed by atoms with van der Waals surface area (Å²) in [6.07, 6.45) is 1.23. The van der Waals surface area contributed by atoms with Gasteiger partial charge in [-0.15, -0.1) is 0 Å². The Morgan fingerprint density at radius 3 is 2.56 bits per heavy atom. The molecule has 4 rings (SSSR count). The van der Waals surface area contributed by atoms with Crippen LogP contribution in [0.3, 0.4) is 0 Å². The minimum Gasteiger partial charge on any atom is -0.455 e. The molecule has 0 atom stereocenters. The molecule has 0 aliphatic rings. The Kier molecular flexibility index (Phi) is 5.71. The highest BCUT2D eigenvalue weighted by Crippen LogP contribution is 2.25. The van der Waals surface area contributed by atoms with Crippen molar-refractivity contribution in [2.45, 2.75) is 0 Å². The summed E-state index contributed by atoms with van der Waals surface area (Å²) >= 11 is 0. The van der Waals surface area contributed by atoms with E-state index in [4.69, 9.17) is 4.42 Å². The molecule has 0 fully saturated rings. The van der Waals surface area contributed by atoms with E-state index in [2.05, 4.69) is 15.8 Å². The molecule has 1 heterocycles. The quantitative estimate of drug-likeness (QED) is 0.214. The van der Waals surface area contributed by atoms with Crippen LogP contribution in [0.2, 0.25) is 0 Å². The van der Waals surface area contributed by atoms with Gasteiger partial charge in [0.15, 0.2) is 0 Å². The number of nitrogens with zero attached hydrogens (tertiary/aromatic N) is 2. The summed E-state index contributed by atoms with van der Waals surface area (Å²) in [5.74, 6) is -1.12. The number of nitrogens with one attached hydrogen (secondary N) is 2. The predicted octanol–water partition coefficient (Wildman–Crippen LogP) is 4.10. The number of non-ortho nitro benzene ring substituents is 1. The number of nitro groups is 1. The number of rotatable bonds is 5. The second-order valence-corrected chi connectivity index (χ2v) is 6.69. The molecule has 32 heavy (non-hydrogen) atoms. The molecule has 0 radical (unpaired) electrons. The first kappa shape index (κ1) is 20.5. The number of carbonyl (C=O) groups is 2. The number of nitro benzene ring substituents is 1. The normalized spacial score (nSPS) is 10.9. The van der Waals surface area contributed by atoms with Gasteiger partial charge in [-0.1, -0.05) is 48.5 Å². The van der Waals surface area contributed by atoms with Crippen molar-refractivity contribution in [1.82, 2.24) is 5.43 Å². The molecule has 9 nitrogen and oxygen atoms in total. The van der Waals surface area contributed by atoms with Gasteiger partial charge >= 0.3 is 11.8 Å². The Bertz CT molecular complexity index is 1350. The topological polar surface area (TPSA) is 127 Å². The number of fused-ring (bicyclic) bond motifs is 1. The highest BCUT2D eigenvalue weighted by atomic mass is 16.6. The van der Waals surface area contributed by atoms with Crippen molar-refractivity contribution < 1.29 is 18.9 Å². The zero-order valence-electron chi connectivity index (χ0n) is 16.5. The molecular formula is C23H16N4O5. The van der Waals surface area contributed by atoms with Crippen molar-refractivity contribution in [3.8, 4) is 11.3 Å². The van der Waals surface area contributed by atoms with Crippen LogP contribution < -0.4 is 10.7 Å². The Hall–Kier alpha value is -4.79. The molecule has 158 valence electrons. The van der Waals surface area contributed by atoms with Gasteiger partial charge in [-0.05, 0) is 23.6 Å². The van der Waals surface area contributed by atoms with Crippen molar-refractivity contribution in [2.24, 2.45) is 5.10 Å². The highest BCUT2D eigenvalue weighted by Gasteiger charge is 2.14. The molecule has 0 saturated carbocycles. The number of hydrogen-bond donors (Lipinski definition) is 2.